The minimum atomic E-state index is 0.522. The molecular weight excluding hydrogens is 168 g/mol. The molecule has 0 aromatic carbocycles. The van der Waals surface area contributed by atoms with Gasteiger partial charge in [0.25, 0.3) is 0 Å². The Kier molecular flexibility index (Phi) is 3.78. The number of hydrogen-bond acceptors (Lipinski definition) is 3. The monoisotopic (exact) mass is 180 g/mol. The van der Waals surface area contributed by atoms with Crippen LogP contribution in [0, 0.1) is 11.3 Å². The Hall–Kier alpha value is -0.850. The second kappa shape index (κ2) is 4.91. The van der Waals surface area contributed by atoms with Gasteiger partial charge in [0.2, 0.25) is 0 Å². The van der Waals surface area contributed by atoms with Gasteiger partial charge in [-0.3, -0.25) is 4.90 Å². The predicted octanol–water partition coefficient (Wildman–Crippen LogP) is 2.09. The van der Waals surface area contributed by atoms with Gasteiger partial charge in [0, 0.05) is 11.4 Å². The van der Waals surface area contributed by atoms with E-state index in [1.807, 2.05) is 6.07 Å². The molecule has 3 heteroatoms. The summed E-state index contributed by atoms with van der Waals surface area (Å²) in [6.07, 6.45) is 0. The highest BCUT2D eigenvalue weighted by atomic mass is 32.1. The molecule has 1 aromatic heterocycles. The molecule has 0 unspecified atom stereocenters. The molecule has 0 saturated heterocycles. The van der Waals surface area contributed by atoms with Gasteiger partial charge in [-0.2, -0.15) is 5.26 Å². The van der Waals surface area contributed by atoms with Crippen LogP contribution in [-0.4, -0.2) is 18.0 Å². The number of nitriles is 1. The van der Waals surface area contributed by atoms with E-state index in [4.69, 9.17) is 5.26 Å². The highest BCUT2D eigenvalue weighted by Crippen LogP contribution is 2.10. The lowest BCUT2D eigenvalue weighted by Crippen LogP contribution is -2.22. The molecular formula is C9H12N2S. The molecule has 0 spiro atoms. The van der Waals surface area contributed by atoms with Crippen molar-refractivity contribution < 1.29 is 0 Å². The quantitative estimate of drug-likeness (QED) is 0.663. The van der Waals surface area contributed by atoms with Gasteiger partial charge in [0.1, 0.15) is 0 Å². The fourth-order valence-electron chi connectivity index (χ4n) is 1.00. The summed E-state index contributed by atoms with van der Waals surface area (Å²) in [7, 11) is 0. The van der Waals surface area contributed by atoms with Crippen LogP contribution in [-0.2, 0) is 6.54 Å². The fraction of sp³-hybridized carbons (Fsp3) is 0.444. The van der Waals surface area contributed by atoms with Crippen molar-refractivity contribution in [1.29, 1.82) is 5.26 Å². The zero-order chi connectivity index (χ0) is 8.81. The maximum Gasteiger partial charge on any atom is 0.0869 e. The zero-order valence-electron chi connectivity index (χ0n) is 7.16. The van der Waals surface area contributed by atoms with Gasteiger partial charge in [0.15, 0.2) is 0 Å². The van der Waals surface area contributed by atoms with Crippen molar-refractivity contribution in [3.63, 3.8) is 0 Å². The van der Waals surface area contributed by atoms with Crippen LogP contribution in [0.15, 0.2) is 17.5 Å². The fourth-order valence-corrected chi connectivity index (χ4v) is 1.75. The summed E-state index contributed by atoms with van der Waals surface area (Å²) < 4.78 is 0. The van der Waals surface area contributed by atoms with E-state index < -0.39 is 0 Å². The normalized spacial score (nSPS) is 10.1. The van der Waals surface area contributed by atoms with Crippen molar-refractivity contribution in [1.82, 2.24) is 4.90 Å². The standard InChI is InChI=1S/C9H12N2S/c1-2-11(6-5-10)8-9-4-3-7-12-9/h3-4,7H,2,6,8H2,1H3. The van der Waals surface area contributed by atoms with Crippen molar-refractivity contribution in [3.8, 4) is 6.07 Å². The van der Waals surface area contributed by atoms with E-state index in [9.17, 15) is 0 Å². The minimum Gasteiger partial charge on any atom is -0.286 e. The molecule has 2 nitrogen and oxygen atoms in total. The van der Waals surface area contributed by atoms with Crippen molar-refractivity contribution in [2.24, 2.45) is 0 Å². The van der Waals surface area contributed by atoms with Crippen LogP contribution in [0.4, 0.5) is 0 Å². The molecule has 0 amide bonds. The van der Waals surface area contributed by atoms with Crippen molar-refractivity contribution in [2.75, 3.05) is 13.1 Å². The Balaban J connectivity index is 2.44. The van der Waals surface area contributed by atoms with Crippen molar-refractivity contribution >= 4 is 11.3 Å². The predicted molar refractivity (Wildman–Crippen MR) is 50.9 cm³/mol. The summed E-state index contributed by atoms with van der Waals surface area (Å²) in [6, 6.07) is 6.31. The Labute approximate surface area is 77.0 Å². The van der Waals surface area contributed by atoms with E-state index in [0.29, 0.717) is 6.54 Å². The van der Waals surface area contributed by atoms with E-state index >= 15 is 0 Å². The summed E-state index contributed by atoms with van der Waals surface area (Å²) in [4.78, 5) is 3.44. The highest BCUT2D eigenvalue weighted by Gasteiger charge is 2.02. The van der Waals surface area contributed by atoms with E-state index in [1.54, 1.807) is 11.3 Å². The Bertz CT molecular complexity index is 248. The molecule has 0 aliphatic carbocycles. The van der Waals surface area contributed by atoms with E-state index in [-0.39, 0.29) is 0 Å². The summed E-state index contributed by atoms with van der Waals surface area (Å²) in [6.45, 7) is 4.44. The number of rotatable bonds is 4. The largest absolute Gasteiger partial charge is 0.286 e. The second-order valence-electron chi connectivity index (χ2n) is 2.54. The lowest BCUT2D eigenvalue weighted by atomic mass is 10.4. The summed E-state index contributed by atoms with van der Waals surface area (Å²) >= 11 is 1.74. The molecule has 0 fully saturated rings. The first-order valence-electron chi connectivity index (χ1n) is 3.98. The number of hydrogen-bond donors (Lipinski definition) is 0. The van der Waals surface area contributed by atoms with Crippen LogP contribution in [0.5, 0.6) is 0 Å². The maximum absolute atomic E-state index is 8.51. The lowest BCUT2D eigenvalue weighted by Gasteiger charge is -2.14. The molecule has 64 valence electrons. The van der Waals surface area contributed by atoms with Gasteiger partial charge in [-0.25, -0.2) is 0 Å². The highest BCUT2D eigenvalue weighted by molar-refractivity contribution is 7.09. The van der Waals surface area contributed by atoms with Crippen LogP contribution >= 0.6 is 11.3 Å². The Morgan fingerprint density at radius 2 is 2.50 bits per heavy atom. The molecule has 0 bridgehead atoms. The van der Waals surface area contributed by atoms with Crippen LogP contribution in [0.3, 0.4) is 0 Å². The van der Waals surface area contributed by atoms with Gasteiger partial charge >= 0.3 is 0 Å². The third kappa shape index (κ3) is 2.65. The average Bonchev–Trinajstić information content (AvgIpc) is 2.56. The number of thiophene rings is 1. The zero-order valence-corrected chi connectivity index (χ0v) is 7.97. The van der Waals surface area contributed by atoms with Gasteiger partial charge in [-0.05, 0) is 18.0 Å². The van der Waals surface area contributed by atoms with E-state index in [2.05, 4.69) is 29.3 Å². The minimum absolute atomic E-state index is 0.522. The molecule has 0 atom stereocenters. The van der Waals surface area contributed by atoms with Gasteiger partial charge in [-0.1, -0.05) is 13.0 Å². The molecule has 0 aliphatic heterocycles. The summed E-state index contributed by atoms with van der Waals surface area (Å²) in [5, 5.41) is 10.6. The smallest absolute Gasteiger partial charge is 0.0869 e. The van der Waals surface area contributed by atoms with Crippen LogP contribution in [0.25, 0.3) is 0 Å². The van der Waals surface area contributed by atoms with Crippen molar-refractivity contribution in [2.45, 2.75) is 13.5 Å². The third-order valence-electron chi connectivity index (χ3n) is 1.70. The lowest BCUT2D eigenvalue weighted by molar-refractivity contribution is 0.317. The van der Waals surface area contributed by atoms with Crippen LogP contribution in [0.1, 0.15) is 11.8 Å². The van der Waals surface area contributed by atoms with Crippen molar-refractivity contribution in [3.05, 3.63) is 22.4 Å². The van der Waals surface area contributed by atoms with E-state index in [1.165, 1.54) is 4.88 Å². The SMILES string of the molecule is CCN(CC#N)Cc1cccs1. The maximum atomic E-state index is 8.51. The second-order valence-corrected chi connectivity index (χ2v) is 3.57. The topological polar surface area (TPSA) is 27.0 Å². The van der Waals surface area contributed by atoms with E-state index in [0.717, 1.165) is 13.1 Å². The van der Waals surface area contributed by atoms with Gasteiger partial charge < -0.3 is 0 Å². The first-order chi connectivity index (χ1) is 5.86. The van der Waals surface area contributed by atoms with Crippen LogP contribution in [0.2, 0.25) is 0 Å². The number of nitrogens with zero attached hydrogens (tertiary/aromatic N) is 2. The molecule has 0 radical (unpaired) electrons. The van der Waals surface area contributed by atoms with Gasteiger partial charge in [0.05, 0.1) is 12.6 Å². The van der Waals surface area contributed by atoms with Crippen LogP contribution < -0.4 is 0 Å². The molecule has 0 N–H and O–H groups in total. The first kappa shape index (κ1) is 9.24. The molecule has 1 rings (SSSR count). The Morgan fingerprint density at radius 1 is 1.67 bits per heavy atom. The van der Waals surface area contributed by atoms with Gasteiger partial charge in [-0.15, -0.1) is 11.3 Å². The molecule has 1 aromatic rings. The molecule has 12 heavy (non-hydrogen) atoms. The molecule has 0 aliphatic rings. The molecule has 0 saturated carbocycles. The Morgan fingerprint density at radius 3 is 3.00 bits per heavy atom. The summed E-state index contributed by atoms with van der Waals surface area (Å²) in [5.74, 6) is 0. The first-order valence-corrected chi connectivity index (χ1v) is 4.86. The average molecular weight is 180 g/mol. The third-order valence-corrected chi connectivity index (χ3v) is 2.56. The summed E-state index contributed by atoms with van der Waals surface area (Å²) in [5.41, 5.74) is 0. The molecule has 1 heterocycles.